The predicted octanol–water partition coefficient (Wildman–Crippen LogP) is 1.79. The van der Waals surface area contributed by atoms with E-state index in [2.05, 4.69) is 40.1 Å². The molecule has 1 heterocycles. The molecule has 0 spiro atoms. The zero-order valence-electron chi connectivity index (χ0n) is 11.0. The van der Waals surface area contributed by atoms with Crippen molar-refractivity contribution in [1.82, 2.24) is 4.57 Å². The van der Waals surface area contributed by atoms with Crippen LogP contribution >= 0.6 is 0 Å². The van der Waals surface area contributed by atoms with E-state index in [0.29, 0.717) is 6.04 Å². The van der Waals surface area contributed by atoms with Gasteiger partial charge in [0, 0.05) is 11.4 Å². The molecule has 1 aromatic heterocycles. The van der Waals surface area contributed by atoms with Crippen molar-refractivity contribution >= 4 is 11.4 Å². The molecule has 0 aliphatic carbocycles. The van der Waals surface area contributed by atoms with Gasteiger partial charge >= 0.3 is 0 Å². The van der Waals surface area contributed by atoms with Gasteiger partial charge in [-0.2, -0.15) is 0 Å². The highest BCUT2D eigenvalue weighted by atomic mass is 15.1. The lowest BCUT2D eigenvalue weighted by atomic mass is 10.2. The number of imidazole rings is 1. The molecule has 0 radical (unpaired) electrons. The average Bonchev–Trinajstić information content (AvgIpc) is 2.77. The maximum Gasteiger partial charge on any atom is 0.243 e. The summed E-state index contributed by atoms with van der Waals surface area (Å²) < 4.78 is 4.24. The van der Waals surface area contributed by atoms with Crippen LogP contribution in [-0.4, -0.2) is 10.6 Å². The van der Waals surface area contributed by atoms with Crippen molar-refractivity contribution < 1.29 is 4.57 Å². The van der Waals surface area contributed by atoms with Crippen LogP contribution in [0.4, 0.5) is 11.4 Å². The SMILES string of the molecule is CCC(Cn1cc[n+](C)c1)Nc1ccc(N)cc1. The summed E-state index contributed by atoms with van der Waals surface area (Å²) in [5.74, 6) is 0. The number of nitrogens with two attached hydrogens (primary N) is 1. The van der Waals surface area contributed by atoms with E-state index in [0.717, 1.165) is 24.3 Å². The van der Waals surface area contributed by atoms with Crippen molar-refractivity contribution in [2.75, 3.05) is 11.1 Å². The first-order chi connectivity index (χ1) is 8.67. The third kappa shape index (κ3) is 3.26. The fourth-order valence-electron chi connectivity index (χ4n) is 1.96. The third-order valence-corrected chi connectivity index (χ3v) is 3.03. The molecule has 1 unspecified atom stereocenters. The summed E-state index contributed by atoms with van der Waals surface area (Å²) in [7, 11) is 2.03. The molecule has 0 aliphatic heterocycles. The standard InChI is InChI=1S/C14H21N4/c1-3-13(10-18-9-8-17(2)11-18)16-14-6-4-12(15)5-7-14/h4-9,11,13,16H,3,10,15H2,1-2H3/q+1. The van der Waals surface area contributed by atoms with E-state index >= 15 is 0 Å². The highest BCUT2D eigenvalue weighted by Gasteiger charge is 2.10. The monoisotopic (exact) mass is 245 g/mol. The second kappa shape index (κ2) is 5.58. The molecule has 18 heavy (non-hydrogen) atoms. The van der Waals surface area contributed by atoms with Crippen LogP contribution in [0.25, 0.3) is 0 Å². The quantitative estimate of drug-likeness (QED) is 0.623. The van der Waals surface area contributed by atoms with Crippen LogP contribution in [0.15, 0.2) is 43.0 Å². The Kier molecular flexibility index (Phi) is 3.87. The first kappa shape index (κ1) is 12.5. The average molecular weight is 245 g/mol. The number of anilines is 2. The van der Waals surface area contributed by atoms with E-state index in [9.17, 15) is 0 Å². The molecule has 0 bridgehead atoms. The summed E-state index contributed by atoms with van der Waals surface area (Å²) >= 11 is 0. The fourth-order valence-corrected chi connectivity index (χ4v) is 1.96. The van der Waals surface area contributed by atoms with Crippen LogP contribution in [0, 0.1) is 0 Å². The molecular weight excluding hydrogens is 224 g/mol. The van der Waals surface area contributed by atoms with Crippen LogP contribution in [0.2, 0.25) is 0 Å². The first-order valence-corrected chi connectivity index (χ1v) is 6.30. The number of nitrogens with zero attached hydrogens (tertiary/aromatic N) is 2. The Hall–Kier alpha value is -1.97. The second-order valence-corrected chi connectivity index (χ2v) is 4.65. The largest absolute Gasteiger partial charge is 0.399 e. The third-order valence-electron chi connectivity index (χ3n) is 3.03. The number of nitrogen functional groups attached to an aromatic ring is 1. The van der Waals surface area contributed by atoms with Crippen molar-refractivity contribution in [2.24, 2.45) is 7.05 Å². The summed E-state index contributed by atoms with van der Waals surface area (Å²) in [6.07, 6.45) is 7.31. The molecule has 0 fully saturated rings. The van der Waals surface area contributed by atoms with E-state index in [1.54, 1.807) is 0 Å². The topological polar surface area (TPSA) is 46.9 Å². The zero-order chi connectivity index (χ0) is 13.0. The maximum absolute atomic E-state index is 5.68. The molecule has 0 aliphatic rings. The molecule has 0 amide bonds. The minimum atomic E-state index is 0.418. The molecular formula is C14H21N4+. The van der Waals surface area contributed by atoms with Gasteiger partial charge in [0.05, 0.1) is 13.1 Å². The summed E-state index contributed by atoms with van der Waals surface area (Å²) in [5, 5.41) is 3.53. The predicted molar refractivity (Wildman–Crippen MR) is 74.2 cm³/mol. The number of nitrogens with one attached hydrogen (secondary N) is 1. The lowest BCUT2D eigenvalue weighted by Crippen LogP contribution is -2.27. The van der Waals surface area contributed by atoms with Gasteiger partial charge < -0.3 is 11.1 Å². The fraction of sp³-hybridized carbons (Fsp3) is 0.357. The summed E-state index contributed by atoms with van der Waals surface area (Å²) in [4.78, 5) is 0. The molecule has 1 aromatic carbocycles. The van der Waals surface area contributed by atoms with Gasteiger partial charge in [-0.15, -0.1) is 0 Å². The van der Waals surface area contributed by atoms with Crippen molar-refractivity contribution in [3.8, 4) is 0 Å². The van der Waals surface area contributed by atoms with Gasteiger partial charge in [-0.3, -0.25) is 0 Å². The van der Waals surface area contributed by atoms with Crippen molar-refractivity contribution in [1.29, 1.82) is 0 Å². The Bertz CT molecular complexity index is 487. The van der Waals surface area contributed by atoms with Gasteiger partial charge in [0.2, 0.25) is 6.33 Å². The normalized spacial score (nSPS) is 12.3. The van der Waals surface area contributed by atoms with Crippen LogP contribution in [0.1, 0.15) is 13.3 Å². The van der Waals surface area contributed by atoms with Crippen molar-refractivity contribution in [3.63, 3.8) is 0 Å². The van der Waals surface area contributed by atoms with Crippen LogP contribution in [0.5, 0.6) is 0 Å². The van der Waals surface area contributed by atoms with E-state index in [-0.39, 0.29) is 0 Å². The van der Waals surface area contributed by atoms with Crippen LogP contribution in [0.3, 0.4) is 0 Å². The lowest BCUT2D eigenvalue weighted by Gasteiger charge is -2.16. The number of hydrogen-bond donors (Lipinski definition) is 2. The lowest BCUT2D eigenvalue weighted by molar-refractivity contribution is -0.671. The van der Waals surface area contributed by atoms with E-state index in [1.165, 1.54) is 0 Å². The second-order valence-electron chi connectivity index (χ2n) is 4.65. The Morgan fingerprint density at radius 1 is 1.33 bits per heavy atom. The Balaban J connectivity index is 1.99. The summed E-state index contributed by atoms with van der Waals surface area (Å²) in [6.45, 7) is 3.15. The minimum absolute atomic E-state index is 0.418. The first-order valence-electron chi connectivity index (χ1n) is 6.30. The number of aryl methyl sites for hydroxylation is 1. The molecule has 2 rings (SSSR count). The molecule has 4 heteroatoms. The molecule has 96 valence electrons. The smallest absolute Gasteiger partial charge is 0.243 e. The Labute approximate surface area is 108 Å². The molecule has 4 nitrogen and oxygen atoms in total. The highest BCUT2D eigenvalue weighted by molar-refractivity contribution is 5.51. The van der Waals surface area contributed by atoms with E-state index < -0.39 is 0 Å². The van der Waals surface area contributed by atoms with Crippen molar-refractivity contribution in [3.05, 3.63) is 43.0 Å². The number of aromatic nitrogens is 2. The molecule has 2 aromatic rings. The highest BCUT2D eigenvalue weighted by Crippen LogP contribution is 2.13. The molecule has 3 N–H and O–H groups in total. The van der Waals surface area contributed by atoms with Gasteiger partial charge in [0.15, 0.2) is 0 Å². The van der Waals surface area contributed by atoms with Gasteiger partial charge in [0.1, 0.15) is 18.9 Å². The molecule has 0 saturated heterocycles. The van der Waals surface area contributed by atoms with Crippen molar-refractivity contribution in [2.45, 2.75) is 25.9 Å². The van der Waals surface area contributed by atoms with Gasteiger partial charge in [0.25, 0.3) is 0 Å². The molecule has 0 saturated carbocycles. The van der Waals surface area contributed by atoms with E-state index in [4.69, 9.17) is 5.73 Å². The van der Waals surface area contributed by atoms with Crippen LogP contribution < -0.4 is 15.6 Å². The van der Waals surface area contributed by atoms with E-state index in [1.807, 2.05) is 31.3 Å². The maximum atomic E-state index is 5.68. The number of hydrogen-bond acceptors (Lipinski definition) is 2. The van der Waals surface area contributed by atoms with Gasteiger partial charge in [-0.05, 0) is 30.7 Å². The number of benzene rings is 1. The van der Waals surface area contributed by atoms with Gasteiger partial charge in [-0.25, -0.2) is 9.13 Å². The van der Waals surface area contributed by atoms with Gasteiger partial charge in [-0.1, -0.05) is 6.92 Å². The number of rotatable bonds is 5. The summed E-state index contributed by atoms with van der Waals surface area (Å²) in [6, 6.07) is 8.30. The Morgan fingerprint density at radius 3 is 2.61 bits per heavy atom. The Morgan fingerprint density at radius 2 is 2.06 bits per heavy atom. The summed E-state index contributed by atoms with van der Waals surface area (Å²) in [5.41, 5.74) is 7.60. The van der Waals surface area contributed by atoms with Crippen LogP contribution in [-0.2, 0) is 13.6 Å². The molecule has 1 atom stereocenters. The minimum Gasteiger partial charge on any atom is -0.399 e. The zero-order valence-corrected chi connectivity index (χ0v) is 11.0.